The first-order chi connectivity index (χ1) is 14.2. The Kier molecular flexibility index (Phi) is 7.47. The highest BCUT2D eigenvalue weighted by Gasteiger charge is 2.69. The summed E-state index contributed by atoms with van der Waals surface area (Å²) >= 11 is 0. The molecule has 0 amide bonds. The zero-order chi connectivity index (χ0) is 21.9. The third kappa shape index (κ3) is 4.26. The van der Waals surface area contributed by atoms with Crippen molar-refractivity contribution in [3.63, 3.8) is 0 Å². The van der Waals surface area contributed by atoms with Gasteiger partial charge in [-0.2, -0.15) is 0 Å². The Morgan fingerprint density at radius 3 is 2.60 bits per heavy atom. The van der Waals surface area contributed by atoms with Crippen LogP contribution >= 0.6 is 0 Å². The summed E-state index contributed by atoms with van der Waals surface area (Å²) in [5, 5.41) is 22.8. The topological polar surface area (TPSA) is 76.0 Å². The quantitative estimate of drug-likeness (QED) is 0.322. The van der Waals surface area contributed by atoms with Gasteiger partial charge in [-0.1, -0.05) is 65.0 Å². The molecule has 3 aliphatic rings. The number of hydrogen-bond acceptors (Lipinski definition) is 5. The summed E-state index contributed by atoms with van der Waals surface area (Å²) in [6.07, 6.45) is 11.1. The van der Waals surface area contributed by atoms with E-state index >= 15 is 0 Å². The zero-order valence-corrected chi connectivity index (χ0v) is 19.0. The highest BCUT2D eigenvalue weighted by atomic mass is 16.7. The van der Waals surface area contributed by atoms with Crippen LogP contribution in [0.15, 0.2) is 23.8 Å². The minimum atomic E-state index is -1.66. The van der Waals surface area contributed by atoms with Crippen molar-refractivity contribution in [1.82, 2.24) is 0 Å². The van der Waals surface area contributed by atoms with Crippen LogP contribution in [0.5, 0.6) is 0 Å². The van der Waals surface area contributed by atoms with Gasteiger partial charge in [0.2, 0.25) is 0 Å². The molecular formula is C25H40O5. The standard InChI is InChI=1S/C25H40O5/c1-5-6-7-8-9-10-11-12-21(26)30-23-17(2)13-14-20-18(3)15-24(27)25(28,22(20)23)19(4)16-29-24/h13,18,20,22-23,27-28H,4-12,14-16H2,1-3H3. The molecule has 0 aromatic rings. The molecule has 5 heteroatoms. The lowest BCUT2D eigenvalue weighted by Crippen LogP contribution is -2.67. The fourth-order valence-corrected chi connectivity index (χ4v) is 5.80. The Labute approximate surface area is 181 Å². The Morgan fingerprint density at radius 2 is 1.90 bits per heavy atom. The predicted octanol–water partition coefficient (Wildman–Crippen LogP) is 4.67. The molecule has 0 spiro atoms. The number of ether oxygens (including phenoxy) is 2. The van der Waals surface area contributed by atoms with Gasteiger partial charge < -0.3 is 19.7 Å². The number of rotatable bonds is 9. The molecule has 0 bridgehead atoms. The summed E-state index contributed by atoms with van der Waals surface area (Å²) in [4.78, 5) is 12.7. The molecule has 2 N–H and O–H groups in total. The third-order valence-corrected chi connectivity index (χ3v) is 7.62. The molecule has 6 atom stereocenters. The maximum absolute atomic E-state index is 12.7. The molecule has 0 aromatic heterocycles. The van der Waals surface area contributed by atoms with E-state index in [9.17, 15) is 15.0 Å². The Morgan fingerprint density at radius 1 is 1.23 bits per heavy atom. The van der Waals surface area contributed by atoms with Crippen LogP contribution in [0.3, 0.4) is 0 Å². The number of aliphatic hydroxyl groups is 2. The van der Waals surface area contributed by atoms with Crippen molar-refractivity contribution in [3.05, 3.63) is 23.8 Å². The van der Waals surface area contributed by atoms with Crippen LogP contribution in [-0.2, 0) is 14.3 Å². The molecule has 2 aliphatic carbocycles. The van der Waals surface area contributed by atoms with Gasteiger partial charge in [-0.3, -0.25) is 4.79 Å². The van der Waals surface area contributed by atoms with Crippen LogP contribution in [0.1, 0.15) is 85.0 Å². The lowest BCUT2D eigenvalue weighted by Gasteiger charge is -2.55. The number of fused-ring (bicyclic) bond motifs is 3. The second-order valence-corrected chi connectivity index (χ2v) is 9.78. The van der Waals surface area contributed by atoms with Crippen LogP contribution in [0, 0.1) is 17.8 Å². The first-order valence-electron chi connectivity index (χ1n) is 11.9. The summed E-state index contributed by atoms with van der Waals surface area (Å²) in [6, 6.07) is 0. The Balaban J connectivity index is 1.66. The molecule has 6 unspecified atom stereocenters. The molecule has 1 saturated heterocycles. The fraction of sp³-hybridized carbons (Fsp3) is 0.800. The summed E-state index contributed by atoms with van der Waals surface area (Å²) in [5.74, 6) is -2.08. The number of esters is 1. The summed E-state index contributed by atoms with van der Waals surface area (Å²) in [6.45, 7) is 10.4. The predicted molar refractivity (Wildman–Crippen MR) is 117 cm³/mol. The minimum Gasteiger partial charge on any atom is -0.457 e. The van der Waals surface area contributed by atoms with Crippen LogP contribution in [0.2, 0.25) is 0 Å². The number of unbranched alkanes of at least 4 members (excludes halogenated alkanes) is 6. The monoisotopic (exact) mass is 420 g/mol. The second kappa shape index (κ2) is 9.54. The molecule has 1 saturated carbocycles. The van der Waals surface area contributed by atoms with Crippen LogP contribution in [0.4, 0.5) is 0 Å². The molecule has 170 valence electrons. The maximum atomic E-state index is 12.7. The van der Waals surface area contributed by atoms with Gasteiger partial charge in [-0.15, -0.1) is 0 Å². The minimum absolute atomic E-state index is 0.105. The molecule has 30 heavy (non-hydrogen) atoms. The number of allylic oxidation sites excluding steroid dienone is 1. The van der Waals surface area contributed by atoms with Gasteiger partial charge in [0.05, 0.1) is 6.61 Å². The number of carbonyl (C=O) groups excluding carboxylic acids is 1. The van der Waals surface area contributed by atoms with Crippen molar-refractivity contribution in [2.24, 2.45) is 17.8 Å². The van der Waals surface area contributed by atoms with Gasteiger partial charge in [0.15, 0.2) is 5.79 Å². The summed E-state index contributed by atoms with van der Waals surface area (Å²) in [5.41, 5.74) is -0.173. The van der Waals surface area contributed by atoms with Crippen molar-refractivity contribution in [2.75, 3.05) is 6.61 Å². The van der Waals surface area contributed by atoms with Gasteiger partial charge >= 0.3 is 5.97 Å². The van der Waals surface area contributed by atoms with E-state index in [-0.39, 0.29) is 24.4 Å². The van der Waals surface area contributed by atoms with Crippen LogP contribution in [0.25, 0.3) is 0 Å². The van der Waals surface area contributed by atoms with Gasteiger partial charge in [-0.25, -0.2) is 0 Å². The van der Waals surface area contributed by atoms with E-state index in [1.807, 2.05) is 6.92 Å². The SMILES string of the molecule is C=C1COC2(O)CC(C)C3CC=C(C)C(OC(=O)CCCCCCCCC)C3C12O. The molecule has 3 rings (SSSR count). The lowest BCUT2D eigenvalue weighted by atomic mass is 9.55. The zero-order valence-electron chi connectivity index (χ0n) is 19.0. The smallest absolute Gasteiger partial charge is 0.306 e. The van der Waals surface area contributed by atoms with Crippen LogP contribution in [-0.4, -0.2) is 40.3 Å². The average Bonchev–Trinajstić information content (AvgIpc) is 2.93. The van der Waals surface area contributed by atoms with E-state index in [1.165, 1.54) is 25.7 Å². The lowest BCUT2D eigenvalue weighted by molar-refractivity contribution is -0.307. The molecular weight excluding hydrogens is 380 g/mol. The van der Waals surface area contributed by atoms with E-state index in [4.69, 9.17) is 9.47 Å². The Hall–Kier alpha value is -1.17. The number of carbonyl (C=O) groups is 1. The van der Waals surface area contributed by atoms with Gasteiger partial charge in [0.1, 0.15) is 11.7 Å². The molecule has 1 heterocycles. The first kappa shape index (κ1) is 23.5. The van der Waals surface area contributed by atoms with Crippen molar-refractivity contribution >= 4 is 5.97 Å². The molecule has 0 radical (unpaired) electrons. The fourth-order valence-electron chi connectivity index (χ4n) is 5.80. The third-order valence-electron chi connectivity index (χ3n) is 7.62. The van der Waals surface area contributed by atoms with E-state index in [0.717, 1.165) is 31.3 Å². The molecule has 5 nitrogen and oxygen atoms in total. The van der Waals surface area contributed by atoms with Crippen molar-refractivity contribution in [1.29, 1.82) is 0 Å². The maximum Gasteiger partial charge on any atom is 0.306 e. The van der Waals surface area contributed by atoms with E-state index in [2.05, 4.69) is 26.5 Å². The van der Waals surface area contributed by atoms with Gasteiger partial charge in [-0.05, 0) is 42.7 Å². The van der Waals surface area contributed by atoms with E-state index < -0.39 is 23.4 Å². The van der Waals surface area contributed by atoms with Crippen molar-refractivity contribution in [2.45, 2.75) is 102 Å². The normalized spacial score (nSPS) is 38.0. The van der Waals surface area contributed by atoms with E-state index in [1.54, 1.807) is 0 Å². The molecule has 0 aromatic carbocycles. The second-order valence-electron chi connectivity index (χ2n) is 9.78. The largest absolute Gasteiger partial charge is 0.457 e. The summed E-state index contributed by atoms with van der Waals surface area (Å²) in [7, 11) is 0. The first-order valence-corrected chi connectivity index (χ1v) is 11.9. The average molecular weight is 421 g/mol. The van der Waals surface area contributed by atoms with Crippen LogP contribution < -0.4 is 0 Å². The van der Waals surface area contributed by atoms with Gasteiger partial charge in [0, 0.05) is 18.8 Å². The Bertz CT molecular complexity index is 670. The van der Waals surface area contributed by atoms with Gasteiger partial charge in [0.25, 0.3) is 0 Å². The van der Waals surface area contributed by atoms with E-state index in [0.29, 0.717) is 18.4 Å². The molecule has 1 aliphatic heterocycles. The molecule has 2 fully saturated rings. The highest BCUT2D eigenvalue weighted by molar-refractivity contribution is 5.70. The summed E-state index contributed by atoms with van der Waals surface area (Å²) < 4.78 is 11.6. The van der Waals surface area contributed by atoms with Crippen molar-refractivity contribution < 1.29 is 24.5 Å². The van der Waals surface area contributed by atoms with Crippen molar-refractivity contribution in [3.8, 4) is 0 Å². The highest BCUT2D eigenvalue weighted by Crippen LogP contribution is 2.58. The number of hydrogen-bond donors (Lipinski definition) is 2.